The predicted molar refractivity (Wildman–Crippen MR) is 149 cm³/mol. The number of pyridine rings is 1. The molecule has 0 unspecified atom stereocenters. The number of ether oxygens (including phenoxy) is 3. The highest BCUT2D eigenvalue weighted by Gasteiger charge is 2.20. The molecule has 2 N–H and O–H groups in total. The van der Waals surface area contributed by atoms with Crippen LogP contribution < -0.4 is 19.5 Å². The summed E-state index contributed by atoms with van der Waals surface area (Å²) in [6.07, 6.45) is 4.70. The fraction of sp³-hybridized carbons (Fsp3) is 0.241. The summed E-state index contributed by atoms with van der Waals surface area (Å²) in [5.74, 6) is -0.121. The van der Waals surface area contributed by atoms with Crippen molar-refractivity contribution < 1.29 is 28.1 Å². The van der Waals surface area contributed by atoms with Crippen molar-refractivity contribution in [1.82, 2.24) is 24.7 Å². The second-order valence-electron chi connectivity index (χ2n) is 9.30. The Kier molecular flexibility index (Phi) is 8.20. The Labute approximate surface area is 234 Å². The highest BCUT2D eigenvalue weighted by Crippen LogP contribution is 2.33. The number of aliphatic hydroxyl groups excluding tert-OH is 1. The summed E-state index contributed by atoms with van der Waals surface area (Å²) in [7, 11) is 3.04. The van der Waals surface area contributed by atoms with Gasteiger partial charge in [-0.05, 0) is 12.1 Å². The number of methoxy groups -OCH3 is 2. The lowest BCUT2D eigenvalue weighted by molar-refractivity contribution is 0.173. The van der Waals surface area contributed by atoms with Gasteiger partial charge >= 0.3 is 0 Å². The van der Waals surface area contributed by atoms with Crippen molar-refractivity contribution in [2.24, 2.45) is 5.92 Å². The van der Waals surface area contributed by atoms with E-state index in [1.165, 1.54) is 25.1 Å². The van der Waals surface area contributed by atoms with E-state index in [9.17, 15) is 0 Å². The van der Waals surface area contributed by atoms with Gasteiger partial charge in [0.25, 0.3) is 0 Å². The van der Waals surface area contributed by atoms with Crippen LogP contribution in [0.1, 0.15) is 12.5 Å². The van der Waals surface area contributed by atoms with E-state index in [1.807, 2.05) is 18.2 Å². The molecule has 41 heavy (non-hydrogen) atoms. The van der Waals surface area contributed by atoms with Crippen LogP contribution in [0.5, 0.6) is 17.2 Å². The SMILES string of the molecule is COc1cnccc1Nc1nc(-c2nn(Cc3c(F)cc(OC[C@H](C)CO)cc3F)c3ccccc23)ncc1OC. The maximum absolute atomic E-state index is 15.1. The maximum atomic E-state index is 15.1. The highest BCUT2D eigenvalue weighted by molar-refractivity contribution is 5.92. The molecule has 212 valence electrons. The van der Waals surface area contributed by atoms with Crippen LogP contribution in [0.15, 0.2) is 61.1 Å². The van der Waals surface area contributed by atoms with Crippen LogP contribution in [-0.2, 0) is 6.54 Å². The van der Waals surface area contributed by atoms with Crippen molar-refractivity contribution in [2.75, 3.05) is 32.8 Å². The third-order valence-corrected chi connectivity index (χ3v) is 6.37. The molecule has 0 aliphatic carbocycles. The van der Waals surface area contributed by atoms with Gasteiger partial charge in [0.05, 0.1) is 51.0 Å². The summed E-state index contributed by atoms with van der Waals surface area (Å²) in [4.78, 5) is 13.2. The van der Waals surface area contributed by atoms with Gasteiger partial charge in [-0.25, -0.2) is 18.7 Å². The van der Waals surface area contributed by atoms with Gasteiger partial charge in [-0.15, -0.1) is 0 Å². The summed E-state index contributed by atoms with van der Waals surface area (Å²) in [5, 5.41) is 17.7. The van der Waals surface area contributed by atoms with Crippen LogP contribution in [0.3, 0.4) is 0 Å². The zero-order valence-electron chi connectivity index (χ0n) is 22.6. The first kappa shape index (κ1) is 27.7. The number of anilines is 2. The first-order valence-electron chi connectivity index (χ1n) is 12.7. The van der Waals surface area contributed by atoms with Gasteiger partial charge < -0.3 is 24.6 Å². The number of benzene rings is 2. The molecular formula is C29H28F2N6O4. The van der Waals surface area contributed by atoms with Crippen molar-refractivity contribution in [1.29, 1.82) is 0 Å². The van der Waals surface area contributed by atoms with E-state index in [0.29, 0.717) is 39.6 Å². The molecule has 0 fully saturated rings. The topological polar surface area (TPSA) is 116 Å². The minimum atomic E-state index is -0.767. The molecule has 1 atom stereocenters. The normalized spacial score (nSPS) is 11.9. The Morgan fingerprint density at radius 2 is 1.78 bits per heavy atom. The third kappa shape index (κ3) is 5.87. The first-order chi connectivity index (χ1) is 19.9. The maximum Gasteiger partial charge on any atom is 0.183 e. The van der Waals surface area contributed by atoms with E-state index in [4.69, 9.17) is 19.3 Å². The molecule has 3 heterocycles. The van der Waals surface area contributed by atoms with Crippen LogP contribution in [0.25, 0.3) is 22.4 Å². The van der Waals surface area contributed by atoms with Crippen molar-refractivity contribution in [3.8, 4) is 28.8 Å². The monoisotopic (exact) mass is 562 g/mol. The zero-order chi connectivity index (χ0) is 28.9. The number of nitrogens with one attached hydrogen (secondary N) is 1. The van der Waals surface area contributed by atoms with Crippen molar-refractivity contribution in [3.05, 3.63) is 78.3 Å². The molecule has 0 aliphatic heterocycles. The summed E-state index contributed by atoms with van der Waals surface area (Å²) >= 11 is 0. The molecule has 0 aliphatic rings. The molecule has 10 nitrogen and oxygen atoms in total. The number of fused-ring (bicyclic) bond motifs is 1. The van der Waals surface area contributed by atoms with Crippen molar-refractivity contribution >= 4 is 22.4 Å². The molecule has 3 aromatic heterocycles. The molecule has 0 spiro atoms. The molecule has 0 saturated heterocycles. The summed E-state index contributed by atoms with van der Waals surface area (Å²) in [6, 6.07) is 11.3. The van der Waals surface area contributed by atoms with Crippen LogP contribution in [0.4, 0.5) is 20.3 Å². The number of aromatic nitrogens is 5. The van der Waals surface area contributed by atoms with Crippen molar-refractivity contribution in [2.45, 2.75) is 13.5 Å². The lowest BCUT2D eigenvalue weighted by Crippen LogP contribution is -2.13. The second-order valence-corrected chi connectivity index (χ2v) is 9.30. The van der Waals surface area contributed by atoms with Gasteiger partial charge in [-0.1, -0.05) is 25.1 Å². The lowest BCUT2D eigenvalue weighted by atomic mass is 10.1. The predicted octanol–water partition coefficient (Wildman–Crippen LogP) is 4.98. The average molecular weight is 563 g/mol. The Hall–Kier alpha value is -4.84. The number of halogens is 2. The Balaban J connectivity index is 1.50. The molecule has 0 bridgehead atoms. The quantitative estimate of drug-likeness (QED) is 0.230. The number of hydrogen-bond donors (Lipinski definition) is 2. The molecule has 0 saturated carbocycles. The number of hydrogen-bond acceptors (Lipinski definition) is 9. The van der Waals surface area contributed by atoms with Gasteiger partial charge in [-0.3, -0.25) is 9.67 Å². The highest BCUT2D eigenvalue weighted by atomic mass is 19.1. The number of rotatable bonds is 11. The van der Waals surface area contributed by atoms with Crippen LogP contribution in [0.2, 0.25) is 0 Å². The fourth-order valence-corrected chi connectivity index (χ4v) is 4.17. The van der Waals surface area contributed by atoms with Crippen molar-refractivity contribution in [3.63, 3.8) is 0 Å². The van der Waals surface area contributed by atoms with Gasteiger partial charge in [0.15, 0.2) is 23.1 Å². The molecular weight excluding hydrogens is 534 g/mol. The van der Waals surface area contributed by atoms with Crippen LogP contribution >= 0.6 is 0 Å². The molecule has 0 amide bonds. The molecule has 2 aromatic carbocycles. The Morgan fingerprint density at radius 1 is 1.02 bits per heavy atom. The minimum absolute atomic E-state index is 0.0487. The van der Waals surface area contributed by atoms with Crippen LogP contribution in [-0.4, -0.2) is 57.3 Å². The molecule has 5 aromatic rings. The van der Waals surface area contributed by atoms with E-state index < -0.39 is 11.6 Å². The third-order valence-electron chi connectivity index (χ3n) is 6.37. The standard InChI is InChI=1S/C29H28F2N6O4/c1-17(15-38)16-41-18-10-21(30)20(22(31)11-18)14-37-24-7-5-4-6-19(24)27(36-37)29-33-13-26(40-3)28(35-29)34-23-8-9-32-12-25(23)39-2/h4-13,17,38H,14-16H2,1-3H3,(H,32,33,34,35)/t17-/m1/s1. The van der Waals surface area contributed by atoms with E-state index >= 15 is 8.78 Å². The van der Waals surface area contributed by atoms with E-state index in [-0.39, 0.29) is 42.8 Å². The molecule has 0 radical (unpaired) electrons. The van der Waals surface area contributed by atoms with Gasteiger partial charge in [0.1, 0.15) is 23.1 Å². The summed E-state index contributed by atoms with van der Waals surface area (Å²) in [6.45, 7) is 1.63. The van der Waals surface area contributed by atoms with Crippen LogP contribution in [0, 0.1) is 17.6 Å². The van der Waals surface area contributed by atoms with E-state index in [2.05, 4.69) is 25.4 Å². The first-order valence-corrected chi connectivity index (χ1v) is 12.7. The van der Waals surface area contributed by atoms with Gasteiger partial charge in [-0.2, -0.15) is 5.10 Å². The summed E-state index contributed by atoms with van der Waals surface area (Å²) in [5.41, 5.74) is 1.51. The van der Waals surface area contributed by atoms with Gasteiger partial charge in [0, 0.05) is 41.8 Å². The molecule has 12 heteroatoms. The Bertz CT molecular complexity index is 1660. The smallest absolute Gasteiger partial charge is 0.183 e. The van der Waals surface area contributed by atoms with Gasteiger partial charge in [0.2, 0.25) is 0 Å². The average Bonchev–Trinajstić information content (AvgIpc) is 3.36. The number of nitrogens with zero attached hydrogens (tertiary/aromatic N) is 5. The minimum Gasteiger partial charge on any atom is -0.493 e. The number of para-hydroxylation sites is 1. The van der Waals surface area contributed by atoms with E-state index in [0.717, 1.165) is 12.1 Å². The fourth-order valence-electron chi connectivity index (χ4n) is 4.17. The second kappa shape index (κ2) is 12.1. The number of aliphatic hydroxyl groups is 1. The zero-order valence-corrected chi connectivity index (χ0v) is 22.6. The summed E-state index contributed by atoms with van der Waals surface area (Å²) < 4.78 is 47.9. The largest absolute Gasteiger partial charge is 0.493 e. The lowest BCUT2D eigenvalue weighted by Gasteiger charge is -2.13. The molecule has 5 rings (SSSR count). The van der Waals surface area contributed by atoms with E-state index in [1.54, 1.807) is 31.5 Å². The Morgan fingerprint density at radius 3 is 2.51 bits per heavy atom.